The molecule has 2 aliphatic heterocycles. The summed E-state index contributed by atoms with van der Waals surface area (Å²) >= 11 is 0. The molecule has 4 rings (SSSR count). The molecule has 0 radical (unpaired) electrons. The Labute approximate surface area is 164 Å². The number of hydrogen-bond donors (Lipinski definition) is 0. The van der Waals surface area contributed by atoms with Gasteiger partial charge in [-0.25, -0.2) is 9.97 Å². The van der Waals surface area contributed by atoms with Gasteiger partial charge in [0, 0.05) is 37.4 Å². The molecule has 150 valence electrons. The number of ether oxygens (including phenoxy) is 1. The van der Waals surface area contributed by atoms with E-state index in [1.54, 1.807) is 0 Å². The molecule has 1 aromatic rings. The van der Waals surface area contributed by atoms with E-state index in [9.17, 15) is 0 Å². The zero-order valence-corrected chi connectivity index (χ0v) is 17.4. The highest BCUT2D eigenvalue weighted by atomic mass is 16.5. The van der Waals surface area contributed by atoms with Gasteiger partial charge in [-0.05, 0) is 78.2 Å². The van der Waals surface area contributed by atoms with Gasteiger partial charge in [0.2, 0.25) is 0 Å². The summed E-state index contributed by atoms with van der Waals surface area (Å²) in [6.07, 6.45) is 9.56. The van der Waals surface area contributed by atoms with Crippen LogP contribution in [0.25, 0.3) is 0 Å². The van der Waals surface area contributed by atoms with Gasteiger partial charge in [-0.3, -0.25) is 4.90 Å². The molecule has 2 fully saturated rings. The van der Waals surface area contributed by atoms with Gasteiger partial charge in [0.1, 0.15) is 11.6 Å². The van der Waals surface area contributed by atoms with E-state index in [1.165, 1.54) is 55.7 Å². The quantitative estimate of drug-likeness (QED) is 0.810. The molecule has 1 aliphatic carbocycles. The smallest absolute Gasteiger partial charge is 0.135 e. The van der Waals surface area contributed by atoms with Crippen molar-refractivity contribution in [2.75, 3.05) is 37.6 Å². The van der Waals surface area contributed by atoms with Crippen LogP contribution in [0, 0.1) is 12.8 Å². The van der Waals surface area contributed by atoms with E-state index in [-0.39, 0.29) is 0 Å². The summed E-state index contributed by atoms with van der Waals surface area (Å²) in [5, 5.41) is 0. The first-order chi connectivity index (χ1) is 13.1. The van der Waals surface area contributed by atoms with Gasteiger partial charge in [0.25, 0.3) is 0 Å². The van der Waals surface area contributed by atoms with E-state index in [1.807, 2.05) is 0 Å². The van der Waals surface area contributed by atoms with Gasteiger partial charge < -0.3 is 9.64 Å². The second-order valence-corrected chi connectivity index (χ2v) is 8.96. The van der Waals surface area contributed by atoms with Crippen LogP contribution in [0.3, 0.4) is 0 Å². The monoisotopic (exact) mass is 372 g/mol. The summed E-state index contributed by atoms with van der Waals surface area (Å²) in [5.41, 5.74) is 2.77. The van der Waals surface area contributed by atoms with Gasteiger partial charge in [0.05, 0.1) is 12.2 Å². The van der Waals surface area contributed by atoms with E-state index < -0.39 is 0 Å². The molecule has 3 aliphatic rings. The molecule has 2 unspecified atom stereocenters. The molecule has 3 heterocycles. The Morgan fingerprint density at radius 2 is 1.70 bits per heavy atom. The number of anilines is 1. The Balaban J connectivity index is 1.31. The topological polar surface area (TPSA) is 41.5 Å². The molecule has 1 aromatic heterocycles. The molecular formula is C22H36N4O. The number of nitrogens with zero attached hydrogens (tertiary/aromatic N) is 4. The molecule has 5 heteroatoms. The highest BCUT2D eigenvalue weighted by molar-refractivity contribution is 5.50. The minimum Gasteiger partial charge on any atom is -0.373 e. The SMILES string of the molecule is Cc1nc2c(c(N3CCC(CCN4CC(C)OC(C)C4)CC3)n1)CCCC2. The Hall–Kier alpha value is -1.20. The highest BCUT2D eigenvalue weighted by Gasteiger charge is 2.27. The number of aromatic nitrogens is 2. The lowest BCUT2D eigenvalue weighted by Gasteiger charge is -2.38. The van der Waals surface area contributed by atoms with Gasteiger partial charge in [-0.1, -0.05) is 0 Å². The maximum Gasteiger partial charge on any atom is 0.135 e. The van der Waals surface area contributed by atoms with Crippen LogP contribution in [-0.2, 0) is 17.6 Å². The van der Waals surface area contributed by atoms with Crippen LogP contribution < -0.4 is 4.90 Å². The van der Waals surface area contributed by atoms with Crippen LogP contribution in [0.2, 0.25) is 0 Å². The molecule has 0 saturated carbocycles. The predicted octanol–water partition coefficient (Wildman–Crippen LogP) is 3.38. The fourth-order valence-corrected chi connectivity index (χ4v) is 5.22. The number of fused-ring (bicyclic) bond motifs is 1. The summed E-state index contributed by atoms with van der Waals surface area (Å²) in [7, 11) is 0. The van der Waals surface area contributed by atoms with E-state index in [4.69, 9.17) is 14.7 Å². The number of hydrogen-bond acceptors (Lipinski definition) is 5. The summed E-state index contributed by atoms with van der Waals surface area (Å²) < 4.78 is 5.87. The lowest BCUT2D eigenvalue weighted by molar-refractivity contribution is -0.0690. The molecular weight excluding hydrogens is 336 g/mol. The molecule has 0 N–H and O–H groups in total. The largest absolute Gasteiger partial charge is 0.373 e. The minimum atomic E-state index is 0.378. The molecule has 0 aromatic carbocycles. The van der Waals surface area contributed by atoms with E-state index in [0.29, 0.717) is 12.2 Å². The molecule has 2 saturated heterocycles. The van der Waals surface area contributed by atoms with Crippen LogP contribution in [0.1, 0.15) is 63.0 Å². The predicted molar refractivity (Wildman–Crippen MR) is 109 cm³/mol. The molecule has 27 heavy (non-hydrogen) atoms. The third kappa shape index (κ3) is 4.62. The van der Waals surface area contributed by atoms with Gasteiger partial charge in [0.15, 0.2) is 0 Å². The van der Waals surface area contributed by atoms with Crippen molar-refractivity contribution >= 4 is 5.82 Å². The lowest BCUT2D eigenvalue weighted by Crippen LogP contribution is -2.46. The molecule has 0 bridgehead atoms. The normalized spacial score (nSPS) is 27.6. The van der Waals surface area contributed by atoms with Gasteiger partial charge >= 0.3 is 0 Å². The van der Waals surface area contributed by atoms with Crippen molar-refractivity contribution in [3.8, 4) is 0 Å². The first-order valence-corrected chi connectivity index (χ1v) is 11.1. The van der Waals surface area contributed by atoms with Crippen molar-refractivity contribution in [2.24, 2.45) is 5.92 Å². The zero-order chi connectivity index (χ0) is 18.8. The third-order valence-corrected chi connectivity index (χ3v) is 6.54. The van der Waals surface area contributed by atoms with Crippen LogP contribution in [0.15, 0.2) is 0 Å². The van der Waals surface area contributed by atoms with Crippen LogP contribution >= 0.6 is 0 Å². The highest BCUT2D eigenvalue weighted by Crippen LogP contribution is 2.31. The van der Waals surface area contributed by atoms with Crippen molar-refractivity contribution in [3.63, 3.8) is 0 Å². The number of morpholine rings is 1. The molecule has 0 spiro atoms. The maximum absolute atomic E-state index is 5.87. The first kappa shape index (κ1) is 19.1. The van der Waals surface area contributed by atoms with Crippen LogP contribution in [0.4, 0.5) is 5.82 Å². The Morgan fingerprint density at radius 1 is 1.00 bits per heavy atom. The van der Waals surface area contributed by atoms with Crippen LogP contribution in [0.5, 0.6) is 0 Å². The number of piperidine rings is 1. The summed E-state index contributed by atoms with van der Waals surface area (Å²) in [4.78, 5) is 14.7. The Kier molecular flexibility index (Phi) is 5.98. The van der Waals surface area contributed by atoms with Gasteiger partial charge in [-0.15, -0.1) is 0 Å². The van der Waals surface area contributed by atoms with Crippen molar-refractivity contribution in [1.29, 1.82) is 0 Å². The zero-order valence-electron chi connectivity index (χ0n) is 17.4. The van der Waals surface area contributed by atoms with Crippen molar-refractivity contribution in [1.82, 2.24) is 14.9 Å². The molecule has 0 amide bonds. The van der Waals surface area contributed by atoms with E-state index in [2.05, 4.69) is 30.6 Å². The first-order valence-electron chi connectivity index (χ1n) is 11.1. The number of rotatable bonds is 4. The average molecular weight is 373 g/mol. The number of aryl methyl sites for hydroxylation is 2. The second-order valence-electron chi connectivity index (χ2n) is 8.96. The Morgan fingerprint density at radius 3 is 2.44 bits per heavy atom. The summed E-state index contributed by atoms with van der Waals surface area (Å²) in [6, 6.07) is 0. The fourth-order valence-electron chi connectivity index (χ4n) is 5.22. The minimum absolute atomic E-state index is 0.378. The van der Waals surface area contributed by atoms with Crippen LogP contribution in [-0.4, -0.2) is 59.8 Å². The van der Waals surface area contributed by atoms with E-state index >= 15 is 0 Å². The van der Waals surface area contributed by atoms with Crippen molar-refractivity contribution in [2.45, 2.75) is 77.9 Å². The average Bonchev–Trinajstić information content (AvgIpc) is 2.65. The van der Waals surface area contributed by atoms with Gasteiger partial charge in [-0.2, -0.15) is 0 Å². The summed E-state index contributed by atoms with van der Waals surface area (Å²) in [6.45, 7) is 12.2. The third-order valence-electron chi connectivity index (χ3n) is 6.54. The van der Waals surface area contributed by atoms with E-state index in [0.717, 1.165) is 50.8 Å². The molecule has 2 atom stereocenters. The van der Waals surface area contributed by atoms with Crippen molar-refractivity contribution in [3.05, 3.63) is 17.1 Å². The lowest BCUT2D eigenvalue weighted by atomic mass is 9.91. The standard InChI is InChI=1S/C22H36N4O/c1-16-14-25(15-17(2)27-16)11-8-19-9-12-26(13-10-19)22-20-6-4-5-7-21(20)23-18(3)24-22/h16-17,19H,4-15H2,1-3H3. The second kappa shape index (κ2) is 8.44. The summed E-state index contributed by atoms with van der Waals surface area (Å²) in [5.74, 6) is 3.06. The fraction of sp³-hybridized carbons (Fsp3) is 0.818. The maximum atomic E-state index is 5.87. The molecule has 5 nitrogen and oxygen atoms in total. The van der Waals surface area contributed by atoms with Crippen molar-refractivity contribution < 1.29 is 4.74 Å². The Bertz CT molecular complexity index is 631.